The van der Waals surface area contributed by atoms with Crippen LogP contribution in [-0.2, 0) is 4.79 Å². The molecule has 2 amide bonds. The van der Waals surface area contributed by atoms with Crippen molar-refractivity contribution in [1.29, 1.82) is 0 Å². The monoisotopic (exact) mass is 284 g/mol. The van der Waals surface area contributed by atoms with Crippen LogP contribution in [0.25, 0.3) is 0 Å². The third-order valence-electron chi connectivity index (χ3n) is 4.40. The van der Waals surface area contributed by atoms with Gasteiger partial charge < -0.3 is 15.3 Å². The van der Waals surface area contributed by atoms with Crippen LogP contribution in [0, 0.1) is 0 Å². The lowest BCUT2D eigenvalue weighted by Gasteiger charge is -2.33. The summed E-state index contributed by atoms with van der Waals surface area (Å²) in [6.45, 7) is 4.07. The second-order valence-corrected chi connectivity index (χ2v) is 5.98. The topological polar surface area (TPSA) is 69.6 Å². The molecule has 0 aromatic rings. The van der Waals surface area contributed by atoms with Crippen LogP contribution in [0.3, 0.4) is 0 Å². The molecule has 0 aliphatic heterocycles. The summed E-state index contributed by atoms with van der Waals surface area (Å²) in [5, 5.41) is 12.4. The van der Waals surface area contributed by atoms with E-state index in [9.17, 15) is 14.7 Å². The first kappa shape index (κ1) is 16.8. The van der Waals surface area contributed by atoms with Crippen LogP contribution in [0.5, 0.6) is 0 Å². The molecule has 0 spiro atoms. The molecule has 0 radical (unpaired) electrons. The van der Waals surface area contributed by atoms with E-state index in [0.29, 0.717) is 12.8 Å². The quantitative estimate of drug-likeness (QED) is 0.762. The maximum Gasteiger partial charge on any atom is 0.329 e. The number of hydrogen-bond donors (Lipinski definition) is 2. The molecule has 1 atom stereocenters. The van der Waals surface area contributed by atoms with Gasteiger partial charge in [0.15, 0.2) is 0 Å². The lowest BCUT2D eigenvalue weighted by molar-refractivity contribution is -0.145. The lowest BCUT2D eigenvalue weighted by atomic mass is 9.90. The first-order valence-corrected chi connectivity index (χ1v) is 7.71. The number of hydrogen-bond acceptors (Lipinski definition) is 2. The fourth-order valence-corrected chi connectivity index (χ4v) is 2.83. The Labute approximate surface area is 121 Å². The van der Waals surface area contributed by atoms with Crippen LogP contribution in [0.1, 0.15) is 65.2 Å². The van der Waals surface area contributed by atoms with Crippen molar-refractivity contribution in [2.24, 2.45) is 0 Å². The molecule has 0 bridgehead atoms. The largest absolute Gasteiger partial charge is 0.480 e. The van der Waals surface area contributed by atoms with Gasteiger partial charge in [-0.15, -0.1) is 0 Å². The van der Waals surface area contributed by atoms with Crippen molar-refractivity contribution in [2.75, 3.05) is 7.05 Å². The maximum absolute atomic E-state index is 12.3. The van der Waals surface area contributed by atoms with Gasteiger partial charge in [0.05, 0.1) is 0 Å². The van der Waals surface area contributed by atoms with Gasteiger partial charge in [-0.05, 0) is 26.2 Å². The fourth-order valence-electron chi connectivity index (χ4n) is 2.83. The number of nitrogens with zero attached hydrogens (tertiary/aromatic N) is 1. The Morgan fingerprint density at radius 2 is 1.80 bits per heavy atom. The number of urea groups is 1. The van der Waals surface area contributed by atoms with E-state index in [1.807, 2.05) is 6.92 Å². The number of rotatable bonds is 5. The molecule has 0 aromatic carbocycles. The van der Waals surface area contributed by atoms with Gasteiger partial charge >= 0.3 is 12.0 Å². The number of carboxylic acid groups (broad SMARTS) is 1. The molecule has 1 fully saturated rings. The molecule has 116 valence electrons. The average molecular weight is 284 g/mol. The van der Waals surface area contributed by atoms with Crippen molar-refractivity contribution < 1.29 is 14.7 Å². The van der Waals surface area contributed by atoms with Crippen LogP contribution in [0.15, 0.2) is 0 Å². The van der Waals surface area contributed by atoms with E-state index in [0.717, 1.165) is 38.5 Å². The molecule has 1 rings (SSSR count). The third kappa shape index (κ3) is 4.12. The van der Waals surface area contributed by atoms with Crippen LogP contribution >= 0.6 is 0 Å². The summed E-state index contributed by atoms with van der Waals surface area (Å²) in [6.07, 6.45) is 6.81. The van der Waals surface area contributed by atoms with Crippen molar-refractivity contribution in [3.05, 3.63) is 0 Å². The predicted octanol–water partition coefficient (Wildman–Crippen LogP) is 2.99. The second kappa shape index (κ2) is 7.50. The molecule has 1 saturated carbocycles. The minimum atomic E-state index is -1.08. The number of amides is 2. The molecule has 0 heterocycles. The van der Waals surface area contributed by atoms with Crippen LogP contribution in [-0.4, -0.2) is 40.6 Å². The Morgan fingerprint density at radius 1 is 1.25 bits per heavy atom. The van der Waals surface area contributed by atoms with Gasteiger partial charge in [-0.1, -0.05) is 39.0 Å². The summed E-state index contributed by atoms with van der Waals surface area (Å²) >= 11 is 0. The van der Waals surface area contributed by atoms with E-state index in [-0.39, 0.29) is 12.1 Å². The predicted molar refractivity (Wildman–Crippen MR) is 78.7 cm³/mol. The summed E-state index contributed by atoms with van der Waals surface area (Å²) in [6, 6.07) is -0.146. The maximum atomic E-state index is 12.3. The zero-order valence-electron chi connectivity index (χ0n) is 12.9. The second-order valence-electron chi connectivity index (χ2n) is 5.98. The number of carbonyl (C=O) groups excluding carboxylic acids is 1. The first-order chi connectivity index (χ1) is 9.43. The fraction of sp³-hybridized carbons (Fsp3) is 0.867. The van der Waals surface area contributed by atoms with E-state index in [2.05, 4.69) is 12.2 Å². The highest BCUT2D eigenvalue weighted by Gasteiger charge is 2.40. The van der Waals surface area contributed by atoms with Gasteiger partial charge in [0.2, 0.25) is 0 Å². The van der Waals surface area contributed by atoms with Crippen molar-refractivity contribution in [3.8, 4) is 0 Å². The van der Waals surface area contributed by atoms with E-state index in [4.69, 9.17) is 0 Å². The molecular weight excluding hydrogens is 256 g/mol. The Balaban J connectivity index is 2.74. The van der Waals surface area contributed by atoms with Gasteiger partial charge in [0, 0.05) is 13.1 Å². The smallest absolute Gasteiger partial charge is 0.329 e. The van der Waals surface area contributed by atoms with Gasteiger partial charge in [0.25, 0.3) is 0 Å². The van der Waals surface area contributed by atoms with Gasteiger partial charge in [-0.2, -0.15) is 0 Å². The summed E-state index contributed by atoms with van der Waals surface area (Å²) in [4.78, 5) is 25.6. The molecule has 1 aliphatic rings. The van der Waals surface area contributed by atoms with Gasteiger partial charge in [-0.3, -0.25) is 0 Å². The standard InChI is InChI=1S/C15H28N2O3/c1-4-9-12(2)17(3)14(20)16-15(13(18)19)10-7-5-6-8-11-15/h12H,4-11H2,1-3H3,(H,16,20)(H,18,19). The molecule has 2 N–H and O–H groups in total. The SMILES string of the molecule is CCCC(C)N(C)C(=O)NC1(C(=O)O)CCCCCC1. The summed E-state index contributed by atoms with van der Waals surface area (Å²) in [5.74, 6) is -0.899. The van der Waals surface area contributed by atoms with Crippen LogP contribution in [0.4, 0.5) is 4.79 Å². The zero-order chi connectivity index (χ0) is 15.2. The Morgan fingerprint density at radius 3 is 2.25 bits per heavy atom. The molecule has 20 heavy (non-hydrogen) atoms. The van der Waals surface area contributed by atoms with E-state index >= 15 is 0 Å². The highest BCUT2D eigenvalue weighted by atomic mass is 16.4. The molecule has 0 aromatic heterocycles. The van der Waals surface area contributed by atoms with E-state index in [1.165, 1.54) is 0 Å². The molecule has 1 aliphatic carbocycles. The van der Waals surface area contributed by atoms with Crippen molar-refractivity contribution in [2.45, 2.75) is 76.8 Å². The van der Waals surface area contributed by atoms with E-state index < -0.39 is 11.5 Å². The van der Waals surface area contributed by atoms with Gasteiger partial charge in [0.1, 0.15) is 5.54 Å². The Hall–Kier alpha value is -1.26. The van der Waals surface area contributed by atoms with Crippen LogP contribution in [0.2, 0.25) is 0 Å². The minimum Gasteiger partial charge on any atom is -0.480 e. The van der Waals surface area contributed by atoms with Gasteiger partial charge in [-0.25, -0.2) is 9.59 Å². The van der Waals surface area contributed by atoms with E-state index in [1.54, 1.807) is 11.9 Å². The van der Waals surface area contributed by atoms with Crippen molar-refractivity contribution in [1.82, 2.24) is 10.2 Å². The number of carbonyl (C=O) groups is 2. The summed E-state index contributed by atoms with van der Waals surface area (Å²) < 4.78 is 0. The highest BCUT2D eigenvalue weighted by molar-refractivity contribution is 5.86. The lowest BCUT2D eigenvalue weighted by Crippen LogP contribution is -2.58. The molecule has 0 saturated heterocycles. The summed E-state index contributed by atoms with van der Waals surface area (Å²) in [7, 11) is 1.74. The molecule has 5 nitrogen and oxygen atoms in total. The molecular formula is C15H28N2O3. The van der Waals surface area contributed by atoms with Crippen LogP contribution < -0.4 is 5.32 Å². The molecule has 1 unspecified atom stereocenters. The third-order valence-corrected chi connectivity index (χ3v) is 4.40. The molecule has 5 heteroatoms. The minimum absolute atomic E-state index is 0.122. The zero-order valence-corrected chi connectivity index (χ0v) is 12.9. The normalized spacial score (nSPS) is 19.8. The average Bonchev–Trinajstić information content (AvgIpc) is 2.64. The Kier molecular flexibility index (Phi) is 6.30. The number of nitrogens with one attached hydrogen (secondary N) is 1. The van der Waals surface area contributed by atoms with Crippen molar-refractivity contribution >= 4 is 12.0 Å². The highest BCUT2D eigenvalue weighted by Crippen LogP contribution is 2.27. The van der Waals surface area contributed by atoms with Crippen molar-refractivity contribution in [3.63, 3.8) is 0 Å². The number of aliphatic carboxylic acids is 1. The Bertz CT molecular complexity index is 336. The summed E-state index contributed by atoms with van der Waals surface area (Å²) in [5.41, 5.74) is -1.08. The first-order valence-electron chi connectivity index (χ1n) is 7.71. The number of carboxylic acids is 1.